The molecule has 0 saturated heterocycles. The number of aromatic nitrogens is 3. The molecule has 5 nitrogen and oxygen atoms in total. The topological polar surface area (TPSA) is 70.9 Å². The summed E-state index contributed by atoms with van der Waals surface area (Å²) in [7, 11) is 0. The second-order valence-corrected chi connectivity index (χ2v) is 7.06. The van der Waals surface area contributed by atoms with Gasteiger partial charge in [0.05, 0.1) is 12.6 Å². The van der Waals surface area contributed by atoms with Gasteiger partial charge in [-0.25, -0.2) is 4.39 Å². The van der Waals surface area contributed by atoms with Crippen LogP contribution in [0.4, 0.5) is 10.3 Å². The lowest BCUT2D eigenvalue weighted by atomic mass is 10.0. The second kappa shape index (κ2) is 9.15. The van der Waals surface area contributed by atoms with E-state index in [1.807, 2.05) is 0 Å². The summed E-state index contributed by atoms with van der Waals surface area (Å²) in [6, 6.07) is 6.13. The number of nitrogens with one attached hydrogen (secondary N) is 1. The molecule has 0 fully saturated rings. The van der Waals surface area contributed by atoms with E-state index in [9.17, 15) is 9.50 Å². The fourth-order valence-electron chi connectivity index (χ4n) is 2.12. The summed E-state index contributed by atoms with van der Waals surface area (Å²) < 4.78 is 12.9. The van der Waals surface area contributed by atoms with E-state index in [2.05, 4.69) is 34.1 Å². The fourth-order valence-corrected chi connectivity index (χ4v) is 3.12. The lowest BCUT2D eigenvalue weighted by molar-refractivity contribution is 0.259. The smallest absolute Gasteiger partial charge is 0.228 e. The van der Waals surface area contributed by atoms with Gasteiger partial charge >= 0.3 is 0 Å². The van der Waals surface area contributed by atoms with Gasteiger partial charge in [0.15, 0.2) is 5.16 Å². The maximum atomic E-state index is 12.9. The molecule has 0 unspecified atom stereocenters. The van der Waals surface area contributed by atoms with Crippen LogP contribution in [-0.4, -0.2) is 32.7 Å². The van der Waals surface area contributed by atoms with Crippen LogP contribution in [0.15, 0.2) is 29.4 Å². The molecule has 0 aliphatic heterocycles. The SMILES string of the molecule is CC(C)C[C@H](CO)Nc1nc(Cl)nc(SCc2ccc(F)cc2)n1. The molecule has 130 valence electrons. The van der Waals surface area contributed by atoms with Crippen molar-refractivity contribution in [2.75, 3.05) is 11.9 Å². The third kappa shape index (κ3) is 6.22. The lowest BCUT2D eigenvalue weighted by Crippen LogP contribution is -2.26. The third-order valence-electron chi connectivity index (χ3n) is 3.18. The van der Waals surface area contributed by atoms with E-state index in [0.29, 0.717) is 22.8 Å². The van der Waals surface area contributed by atoms with Gasteiger partial charge in [-0.1, -0.05) is 37.7 Å². The summed E-state index contributed by atoms with van der Waals surface area (Å²) >= 11 is 7.34. The molecule has 1 aromatic carbocycles. The van der Waals surface area contributed by atoms with Crippen molar-refractivity contribution in [3.8, 4) is 0 Å². The molecular weight excluding hydrogens is 351 g/mol. The number of nitrogens with zero attached hydrogens (tertiary/aromatic N) is 3. The minimum absolute atomic E-state index is 0.0143. The quantitative estimate of drug-likeness (QED) is 0.689. The van der Waals surface area contributed by atoms with Crippen LogP contribution in [0.25, 0.3) is 0 Å². The number of benzene rings is 1. The van der Waals surface area contributed by atoms with E-state index >= 15 is 0 Å². The number of halogens is 2. The maximum Gasteiger partial charge on any atom is 0.228 e. The van der Waals surface area contributed by atoms with Crippen LogP contribution in [0.5, 0.6) is 0 Å². The average Bonchev–Trinajstić information content (AvgIpc) is 2.53. The molecular formula is C16H20ClFN4OS. The van der Waals surface area contributed by atoms with Gasteiger partial charge in [-0.3, -0.25) is 0 Å². The van der Waals surface area contributed by atoms with Crippen molar-refractivity contribution < 1.29 is 9.50 Å². The third-order valence-corrected chi connectivity index (χ3v) is 4.27. The van der Waals surface area contributed by atoms with Gasteiger partial charge in [0.1, 0.15) is 5.82 Å². The highest BCUT2D eigenvalue weighted by Gasteiger charge is 2.13. The Morgan fingerprint density at radius 1 is 1.21 bits per heavy atom. The summed E-state index contributed by atoms with van der Waals surface area (Å²) in [5, 5.41) is 13.1. The monoisotopic (exact) mass is 370 g/mol. The van der Waals surface area contributed by atoms with Crippen molar-refractivity contribution in [2.24, 2.45) is 5.92 Å². The van der Waals surface area contributed by atoms with Crippen molar-refractivity contribution in [1.82, 2.24) is 15.0 Å². The van der Waals surface area contributed by atoms with Crippen LogP contribution in [-0.2, 0) is 5.75 Å². The number of aliphatic hydroxyl groups excluding tert-OH is 1. The average molecular weight is 371 g/mol. The molecule has 2 N–H and O–H groups in total. The Kier molecular flexibility index (Phi) is 7.20. The number of rotatable bonds is 8. The van der Waals surface area contributed by atoms with Gasteiger partial charge in [-0.2, -0.15) is 15.0 Å². The van der Waals surface area contributed by atoms with Gasteiger partial charge in [-0.05, 0) is 41.6 Å². The highest BCUT2D eigenvalue weighted by atomic mass is 35.5. The van der Waals surface area contributed by atoms with Crippen molar-refractivity contribution in [2.45, 2.75) is 37.2 Å². The highest BCUT2D eigenvalue weighted by Crippen LogP contribution is 2.22. The van der Waals surface area contributed by atoms with Gasteiger partial charge in [-0.15, -0.1) is 0 Å². The number of hydrogen-bond acceptors (Lipinski definition) is 6. The summed E-state index contributed by atoms with van der Waals surface area (Å²) in [6.45, 7) is 4.14. The van der Waals surface area contributed by atoms with Crippen molar-refractivity contribution in [3.63, 3.8) is 0 Å². The van der Waals surface area contributed by atoms with E-state index in [4.69, 9.17) is 11.6 Å². The van der Waals surface area contributed by atoms with Crippen LogP contribution in [0, 0.1) is 11.7 Å². The van der Waals surface area contributed by atoms with E-state index in [-0.39, 0.29) is 23.7 Å². The molecule has 0 radical (unpaired) electrons. The molecule has 2 rings (SSSR count). The molecule has 0 saturated carbocycles. The van der Waals surface area contributed by atoms with Crippen LogP contribution in [0.3, 0.4) is 0 Å². The Labute approximate surface area is 150 Å². The molecule has 1 atom stereocenters. The Bertz CT molecular complexity index is 657. The largest absolute Gasteiger partial charge is 0.394 e. The van der Waals surface area contributed by atoms with E-state index in [0.717, 1.165) is 12.0 Å². The molecule has 0 aliphatic carbocycles. The molecule has 8 heteroatoms. The molecule has 1 heterocycles. The van der Waals surface area contributed by atoms with Crippen molar-refractivity contribution in [1.29, 1.82) is 0 Å². The number of thioether (sulfide) groups is 1. The van der Waals surface area contributed by atoms with Gasteiger partial charge in [0, 0.05) is 5.75 Å². The molecule has 0 aliphatic rings. The normalized spacial score (nSPS) is 12.4. The number of aliphatic hydroxyl groups is 1. The second-order valence-electron chi connectivity index (χ2n) is 5.78. The van der Waals surface area contributed by atoms with Crippen LogP contribution >= 0.6 is 23.4 Å². The molecule has 2 aromatic rings. The molecule has 0 bridgehead atoms. The summed E-state index contributed by atoms with van der Waals surface area (Å²) in [5.41, 5.74) is 0.959. The zero-order chi connectivity index (χ0) is 17.5. The van der Waals surface area contributed by atoms with Gasteiger partial charge in [0.2, 0.25) is 11.2 Å². The number of hydrogen-bond donors (Lipinski definition) is 2. The Hall–Kier alpha value is -1.44. The first kappa shape index (κ1) is 18.9. The number of anilines is 1. The Balaban J connectivity index is 2.03. The van der Waals surface area contributed by atoms with Crippen molar-refractivity contribution >= 4 is 29.3 Å². The van der Waals surface area contributed by atoms with Gasteiger partial charge < -0.3 is 10.4 Å². The maximum absolute atomic E-state index is 12.9. The summed E-state index contributed by atoms with van der Waals surface area (Å²) in [4.78, 5) is 12.5. The first-order chi connectivity index (χ1) is 11.5. The molecule has 0 spiro atoms. The lowest BCUT2D eigenvalue weighted by Gasteiger charge is -2.18. The minimum Gasteiger partial charge on any atom is -0.394 e. The van der Waals surface area contributed by atoms with Crippen LogP contribution < -0.4 is 5.32 Å². The molecule has 0 amide bonds. The van der Waals surface area contributed by atoms with E-state index < -0.39 is 0 Å². The molecule has 1 aromatic heterocycles. The molecule has 24 heavy (non-hydrogen) atoms. The standard InChI is InChI=1S/C16H20ClFN4OS/c1-10(2)7-13(8-23)19-15-20-14(17)21-16(22-15)24-9-11-3-5-12(18)6-4-11/h3-6,10,13,23H,7-9H2,1-2H3,(H,19,20,21,22)/t13-/m1/s1. The predicted octanol–water partition coefficient (Wildman–Crippen LogP) is 3.78. The van der Waals surface area contributed by atoms with Crippen LogP contribution in [0.1, 0.15) is 25.8 Å². The predicted molar refractivity (Wildman–Crippen MR) is 94.7 cm³/mol. The van der Waals surface area contributed by atoms with Gasteiger partial charge in [0.25, 0.3) is 0 Å². The van der Waals surface area contributed by atoms with E-state index in [1.54, 1.807) is 12.1 Å². The summed E-state index contributed by atoms with van der Waals surface area (Å²) in [5.74, 6) is 1.10. The Morgan fingerprint density at radius 2 is 1.92 bits per heavy atom. The first-order valence-electron chi connectivity index (χ1n) is 7.62. The first-order valence-corrected chi connectivity index (χ1v) is 8.99. The van der Waals surface area contributed by atoms with Crippen LogP contribution in [0.2, 0.25) is 5.28 Å². The zero-order valence-electron chi connectivity index (χ0n) is 13.5. The van der Waals surface area contributed by atoms with Crippen molar-refractivity contribution in [3.05, 3.63) is 40.9 Å². The minimum atomic E-state index is -0.265. The summed E-state index contributed by atoms with van der Waals surface area (Å²) in [6.07, 6.45) is 0.790. The zero-order valence-corrected chi connectivity index (χ0v) is 15.1. The fraction of sp³-hybridized carbons (Fsp3) is 0.438. The van der Waals surface area contributed by atoms with E-state index in [1.165, 1.54) is 23.9 Å². The highest BCUT2D eigenvalue weighted by molar-refractivity contribution is 7.98. The Morgan fingerprint density at radius 3 is 2.54 bits per heavy atom.